The third-order valence-corrected chi connectivity index (χ3v) is 4.32. The van der Waals surface area contributed by atoms with Crippen molar-refractivity contribution in [1.82, 2.24) is 5.32 Å². The number of amides is 1. The molecule has 0 heterocycles. The smallest absolute Gasteiger partial charge is 0.258 e. The van der Waals surface area contributed by atoms with Crippen LogP contribution in [-0.4, -0.2) is 18.6 Å². The molecule has 0 aliphatic heterocycles. The van der Waals surface area contributed by atoms with Crippen LogP contribution in [0.5, 0.6) is 5.75 Å². The van der Waals surface area contributed by atoms with Gasteiger partial charge in [-0.25, -0.2) is 0 Å². The highest BCUT2D eigenvalue weighted by molar-refractivity contribution is 6.37. The van der Waals surface area contributed by atoms with E-state index in [9.17, 15) is 4.79 Å². The Labute approximate surface area is 129 Å². The first-order valence-electron chi connectivity index (χ1n) is 6.94. The maximum atomic E-state index is 11.9. The van der Waals surface area contributed by atoms with Crippen LogP contribution in [0.4, 0.5) is 0 Å². The quantitative estimate of drug-likeness (QED) is 0.909. The van der Waals surface area contributed by atoms with Crippen LogP contribution in [0, 0.1) is 5.92 Å². The van der Waals surface area contributed by atoms with Crippen molar-refractivity contribution in [2.24, 2.45) is 5.92 Å². The molecular weight excluding hydrogens is 297 g/mol. The van der Waals surface area contributed by atoms with Gasteiger partial charge in [-0.2, -0.15) is 0 Å². The van der Waals surface area contributed by atoms with E-state index in [4.69, 9.17) is 27.9 Å². The predicted molar refractivity (Wildman–Crippen MR) is 81.5 cm³/mol. The summed E-state index contributed by atoms with van der Waals surface area (Å²) in [5, 5.41) is 3.85. The number of hydrogen-bond acceptors (Lipinski definition) is 2. The summed E-state index contributed by atoms with van der Waals surface area (Å²) in [6, 6.07) is 5.36. The molecule has 0 bridgehead atoms. The fourth-order valence-corrected chi connectivity index (χ4v) is 3.04. The lowest BCUT2D eigenvalue weighted by Crippen LogP contribution is -2.43. The Bertz CT molecular complexity index is 459. The van der Waals surface area contributed by atoms with Crippen molar-refractivity contribution in [2.45, 2.75) is 38.6 Å². The van der Waals surface area contributed by atoms with Crippen molar-refractivity contribution < 1.29 is 9.53 Å². The second kappa shape index (κ2) is 7.19. The SMILES string of the molecule is CC1CCCCC1NC(=O)COc1c(Cl)cccc1Cl. The van der Waals surface area contributed by atoms with Gasteiger partial charge >= 0.3 is 0 Å². The topological polar surface area (TPSA) is 38.3 Å². The largest absolute Gasteiger partial charge is 0.481 e. The van der Waals surface area contributed by atoms with Gasteiger partial charge in [0.25, 0.3) is 5.91 Å². The van der Waals surface area contributed by atoms with E-state index in [1.807, 2.05) is 0 Å². The molecule has 0 radical (unpaired) electrons. The molecule has 0 spiro atoms. The lowest BCUT2D eigenvalue weighted by Gasteiger charge is -2.29. The minimum Gasteiger partial charge on any atom is -0.481 e. The van der Waals surface area contributed by atoms with Gasteiger partial charge < -0.3 is 10.1 Å². The molecule has 1 fully saturated rings. The van der Waals surface area contributed by atoms with E-state index in [0.29, 0.717) is 21.7 Å². The number of halogens is 2. The van der Waals surface area contributed by atoms with Gasteiger partial charge in [0.15, 0.2) is 12.4 Å². The lowest BCUT2D eigenvalue weighted by molar-refractivity contribution is -0.124. The third-order valence-electron chi connectivity index (χ3n) is 3.72. The summed E-state index contributed by atoms with van der Waals surface area (Å²) in [5.74, 6) is 0.763. The average Bonchev–Trinajstić information content (AvgIpc) is 2.41. The molecule has 1 N–H and O–H groups in total. The van der Waals surface area contributed by atoms with Gasteiger partial charge in [-0.3, -0.25) is 4.79 Å². The first-order chi connectivity index (χ1) is 9.58. The fraction of sp³-hybridized carbons (Fsp3) is 0.533. The molecule has 0 saturated heterocycles. The molecule has 2 unspecified atom stereocenters. The Balaban J connectivity index is 1.86. The number of ether oxygens (including phenoxy) is 1. The number of carbonyl (C=O) groups is 1. The summed E-state index contributed by atoms with van der Waals surface area (Å²) in [4.78, 5) is 11.9. The van der Waals surface area contributed by atoms with E-state index < -0.39 is 0 Å². The Kier molecular flexibility index (Phi) is 5.55. The van der Waals surface area contributed by atoms with Crippen LogP contribution in [0.2, 0.25) is 10.0 Å². The molecular formula is C15H19Cl2NO2. The summed E-state index contributed by atoms with van der Waals surface area (Å²) in [6.07, 6.45) is 4.63. The molecule has 1 aromatic rings. The van der Waals surface area contributed by atoms with E-state index in [0.717, 1.165) is 6.42 Å². The second-order valence-corrected chi connectivity index (χ2v) is 6.09. The molecule has 0 aromatic heterocycles. The minimum atomic E-state index is -0.125. The zero-order chi connectivity index (χ0) is 14.5. The Morgan fingerprint density at radius 1 is 1.30 bits per heavy atom. The van der Waals surface area contributed by atoms with Crippen molar-refractivity contribution >= 4 is 29.1 Å². The van der Waals surface area contributed by atoms with Gasteiger partial charge in [-0.05, 0) is 30.9 Å². The normalized spacial score (nSPS) is 22.4. The summed E-state index contributed by atoms with van der Waals surface area (Å²) in [7, 11) is 0. The average molecular weight is 316 g/mol. The molecule has 1 amide bonds. The molecule has 3 nitrogen and oxygen atoms in total. The monoisotopic (exact) mass is 315 g/mol. The van der Waals surface area contributed by atoms with Gasteiger partial charge in [0.1, 0.15) is 0 Å². The Morgan fingerprint density at radius 3 is 2.60 bits per heavy atom. The van der Waals surface area contributed by atoms with Crippen LogP contribution >= 0.6 is 23.2 Å². The van der Waals surface area contributed by atoms with Crippen molar-refractivity contribution in [3.05, 3.63) is 28.2 Å². The second-order valence-electron chi connectivity index (χ2n) is 5.28. The van der Waals surface area contributed by atoms with E-state index in [1.165, 1.54) is 19.3 Å². The van der Waals surface area contributed by atoms with Crippen LogP contribution in [0.1, 0.15) is 32.6 Å². The predicted octanol–water partition coefficient (Wildman–Crippen LogP) is 4.07. The molecule has 20 heavy (non-hydrogen) atoms. The van der Waals surface area contributed by atoms with E-state index >= 15 is 0 Å². The number of hydrogen-bond donors (Lipinski definition) is 1. The Hall–Kier alpha value is -0.930. The molecule has 1 saturated carbocycles. The third kappa shape index (κ3) is 4.03. The molecule has 1 aliphatic rings. The van der Waals surface area contributed by atoms with Gasteiger partial charge in [0.2, 0.25) is 0 Å². The first-order valence-corrected chi connectivity index (χ1v) is 7.69. The van der Waals surface area contributed by atoms with E-state index in [-0.39, 0.29) is 18.6 Å². The van der Waals surface area contributed by atoms with Gasteiger partial charge in [0.05, 0.1) is 10.0 Å². The zero-order valence-electron chi connectivity index (χ0n) is 11.5. The highest BCUT2D eigenvalue weighted by Gasteiger charge is 2.23. The van der Waals surface area contributed by atoms with Crippen LogP contribution in [0.15, 0.2) is 18.2 Å². The lowest BCUT2D eigenvalue weighted by atomic mass is 9.86. The van der Waals surface area contributed by atoms with Crippen LogP contribution in [-0.2, 0) is 4.79 Å². The number of para-hydroxylation sites is 1. The minimum absolute atomic E-state index is 0.0628. The highest BCUT2D eigenvalue weighted by Crippen LogP contribution is 2.32. The van der Waals surface area contributed by atoms with Crippen LogP contribution < -0.4 is 10.1 Å². The Morgan fingerprint density at radius 2 is 1.95 bits per heavy atom. The summed E-state index contributed by atoms with van der Waals surface area (Å²) in [6.45, 7) is 2.11. The van der Waals surface area contributed by atoms with Crippen LogP contribution in [0.3, 0.4) is 0 Å². The van der Waals surface area contributed by atoms with Crippen molar-refractivity contribution in [2.75, 3.05) is 6.61 Å². The van der Waals surface area contributed by atoms with Crippen LogP contribution in [0.25, 0.3) is 0 Å². The van der Waals surface area contributed by atoms with Gasteiger partial charge in [-0.15, -0.1) is 0 Å². The molecule has 5 heteroatoms. The number of carbonyl (C=O) groups excluding carboxylic acids is 1. The van der Waals surface area contributed by atoms with Crippen molar-refractivity contribution in [3.8, 4) is 5.75 Å². The summed E-state index contributed by atoms with van der Waals surface area (Å²) < 4.78 is 5.43. The summed E-state index contributed by atoms with van der Waals surface area (Å²) in [5.41, 5.74) is 0. The zero-order valence-corrected chi connectivity index (χ0v) is 13.0. The van der Waals surface area contributed by atoms with Gasteiger partial charge in [0, 0.05) is 6.04 Å². The molecule has 2 atom stereocenters. The van der Waals surface area contributed by atoms with E-state index in [1.54, 1.807) is 18.2 Å². The number of benzene rings is 1. The van der Waals surface area contributed by atoms with Crippen molar-refractivity contribution in [1.29, 1.82) is 0 Å². The van der Waals surface area contributed by atoms with E-state index in [2.05, 4.69) is 12.2 Å². The summed E-state index contributed by atoms with van der Waals surface area (Å²) >= 11 is 12.0. The molecule has 1 aliphatic carbocycles. The van der Waals surface area contributed by atoms with Gasteiger partial charge in [-0.1, -0.05) is 49.0 Å². The molecule has 1 aromatic carbocycles. The maximum Gasteiger partial charge on any atom is 0.258 e. The number of rotatable bonds is 4. The fourth-order valence-electron chi connectivity index (χ4n) is 2.54. The number of nitrogens with one attached hydrogen (secondary N) is 1. The highest BCUT2D eigenvalue weighted by atomic mass is 35.5. The van der Waals surface area contributed by atoms with Crippen molar-refractivity contribution in [3.63, 3.8) is 0 Å². The molecule has 110 valence electrons. The maximum absolute atomic E-state index is 11.9. The standard InChI is InChI=1S/C15H19Cl2NO2/c1-10-5-2-3-8-13(10)18-14(19)9-20-15-11(16)6-4-7-12(15)17/h4,6-7,10,13H,2-3,5,8-9H2,1H3,(H,18,19). The first kappa shape index (κ1) is 15.5. The molecule has 2 rings (SSSR count).